The van der Waals surface area contributed by atoms with Crippen LogP contribution in [0.3, 0.4) is 0 Å². The maximum Gasteiger partial charge on any atom is 0.241 e. The Bertz CT molecular complexity index is 769. The summed E-state index contributed by atoms with van der Waals surface area (Å²) in [6.07, 6.45) is 6.22. The van der Waals surface area contributed by atoms with E-state index in [0.29, 0.717) is 11.8 Å². The van der Waals surface area contributed by atoms with Crippen LogP contribution in [0.2, 0.25) is 0 Å². The molecule has 2 N–H and O–H groups in total. The Balaban J connectivity index is 2.38. The molecule has 0 aliphatic rings. The van der Waals surface area contributed by atoms with Crippen molar-refractivity contribution in [3.05, 3.63) is 64.6 Å². The lowest BCUT2D eigenvalue weighted by molar-refractivity contribution is -0.113. The summed E-state index contributed by atoms with van der Waals surface area (Å²) in [6.45, 7) is 10.9. The van der Waals surface area contributed by atoms with Gasteiger partial charge in [0.15, 0.2) is 0 Å². The van der Waals surface area contributed by atoms with Crippen LogP contribution in [-0.4, -0.2) is 5.91 Å². The van der Waals surface area contributed by atoms with Crippen LogP contribution in [0.1, 0.15) is 81.1 Å². The van der Waals surface area contributed by atoms with Crippen LogP contribution in [0.5, 0.6) is 0 Å². The number of rotatable bonds is 9. The van der Waals surface area contributed by atoms with Crippen molar-refractivity contribution in [3.63, 3.8) is 0 Å². The molecule has 0 saturated carbocycles. The first-order chi connectivity index (χ1) is 12.8. The Morgan fingerprint density at radius 1 is 1.07 bits per heavy atom. The molecule has 27 heavy (non-hydrogen) atoms. The standard InChI is InChI=1S/C24H33NO2/c1-16(2)15-21-20(13-14-22(25)26)24(27-23(21)17(3)4)18(5)11-12-19-9-7-6-8-10-19/h6-10,13-14,16-18H,11-12,15H2,1-5H3,(H2,25,26)/b14-13+. The van der Waals surface area contributed by atoms with Crippen molar-refractivity contribution >= 4 is 12.0 Å². The molecule has 146 valence electrons. The van der Waals surface area contributed by atoms with Gasteiger partial charge < -0.3 is 10.2 Å². The van der Waals surface area contributed by atoms with E-state index in [9.17, 15) is 4.79 Å². The first kappa shape index (κ1) is 21.0. The molecule has 0 fully saturated rings. The van der Waals surface area contributed by atoms with Crippen molar-refractivity contribution in [1.29, 1.82) is 0 Å². The van der Waals surface area contributed by atoms with Crippen LogP contribution in [-0.2, 0) is 17.6 Å². The first-order valence-electron chi connectivity index (χ1n) is 9.96. The van der Waals surface area contributed by atoms with E-state index in [2.05, 4.69) is 58.9 Å². The molecule has 3 nitrogen and oxygen atoms in total. The number of benzene rings is 1. The van der Waals surface area contributed by atoms with E-state index in [1.165, 1.54) is 17.2 Å². The fourth-order valence-corrected chi connectivity index (χ4v) is 3.47. The smallest absolute Gasteiger partial charge is 0.241 e. The zero-order valence-electron chi connectivity index (χ0n) is 17.3. The lowest BCUT2D eigenvalue weighted by Crippen LogP contribution is -2.06. The Morgan fingerprint density at radius 3 is 2.30 bits per heavy atom. The van der Waals surface area contributed by atoms with Crippen LogP contribution >= 0.6 is 0 Å². The van der Waals surface area contributed by atoms with Gasteiger partial charge in [0.05, 0.1) is 0 Å². The first-order valence-corrected chi connectivity index (χ1v) is 9.96. The summed E-state index contributed by atoms with van der Waals surface area (Å²) in [6, 6.07) is 10.5. The Hall–Kier alpha value is -2.29. The van der Waals surface area contributed by atoms with Gasteiger partial charge >= 0.3 is 0 Å². The highest BCUT2D eigenvalue weighted by Gasteiger charge is 2.24. The van der Waals surface area contributed by atoms with Crippen LogP contribution in [0.25, 0.3) is 6.08 Å². The van der Waals surface area contributed by atoms with Gasteiger partial charge in [-0.1, -0.05) is 65.0 Å². The molecule has 2 rings (SSSR count). The second-order valence-corrected chi connectivity index (χ2v) is 8.14. The second kappa shape index (κ2) is 9.59. The molecule has 1 aromatic heterocycles. The molecule has 1 heterocycles. The molecule has 0 radical (unpaired) electrons. The second-order valence-electron chi connectivity index (χ2n) is 8.14. The molecular formula is C24H33NO2. The zero-order chi connectivity index (χ0) is 20.0. The summed E-state index contributed by atoms with van der Waals surface area (Å²) in [7, 11) is 0. The number of carbonyl (C=O) groups excluding carboxylic acids is 1. The molecule has 3 heteroatoms. The molecule has 2 aromatic rings. The van der Waals surface area contributed by atoms with Gasteiger partial charge in [-0.3, -0.25) is 4.79 Å². The highest BCUT2D eigenvalue weighted by Crippen LogP contribution is 2.37. The molecule has 0 aliphatic heterocycles. The minimum atomic E-state index is -0.430. The summed E-state index contributed by atoms with van der Waals surface area (Å²) in [5.41, 5.74) is 8.96. The monoisotopic (exact) mass is 367 g/mol. The fourth-order valence-electron chi connectivity index (χ4n) is 3.47. The van der Waals surface area contributed by atoms with E-state index in [0.717, 1.165) is 36.3 Å². The third-order valence-electron chi connectivity index (χ3n) is 4.82. The van der Waals surface area contributed by atoms with Crippen LogP contribution < -0.4 is 5.73 Å². The van der Waals surface area contributed by atoms with Gasteiger partial charge in [0.25, 0.3) is 0 Å². The van der Waals surface area contributed by atoms with Crippen molar-refractivity contribution in [2.75, 3.05) is 0 Å². The van der Waals surface area contributed by atoms with E-state index >= 15 is 0 Å². The third-order valence-corrected chi connectivity index (χ3v) is 4.82. The summed E-state index contributed by atoms with van der Waals surface area (Å²) in [5.74, 6) is 2.65. The minimum absolute atomic E-state index is 0.260. The summed E-state index contributed by atoms with van der Waals surface area (Å²) < 4.78 is 6.39. The minimum Gasteiger partial charge on any atom is -0.465 e. The summed E-state index contributed by atoms with van der Waals surface area (Å²) in [4.78, 5) is 11.3. The Labute approximate surface area is 163 Å². The lowest BCUT2D eigenvalue weighted by Gasteiger charge is -2.11. The third kappa shape index (κ3) is 5.85. The van der Waals surface area contributed by atoms with E-state index in [1.54, 1.807) is 0 Å². The van der Waals surface area contributed by atoms with Gasteiger partial charge in [0.2, 0.25) is 5.91 Å². The molecule has 0 spiro atoms. The summed E-state index contributed by atoms with van der Waals surface area (Å²) >= 11 is 0. The van der Waals surface area contributed by atoms with E-state index in [-0.39, 0.29) is 5.92 Å². The molecular weight excluding hydrogens is 334 g/mol. The van der Waals surface area contributed by atoms with Crippen LogP contribution in [0.4, 0.5) is 0 Å². The van der Waals surface area contributed by atoms with Crippen molar-refractivity contribution in [1.82, 2.24) is 0 Å². The van der Waals surface area contributed by atoms with Crippen molar-refractivity contribution in [3.8, 4) is 0 Å². The molecule has 1 aromatic carbocycles. The SMILES string of the molecule is CC(C)Cc1c(C(C)C)oc(C(C)CCc2ccccc2)c1/C=C/C(N)=O. The topological polar surface area (TPSA) is 56.2 Å². The van der Waals surface area contributed by atoms with Crippen molar-refractivity contribution in [2.45, 2.75) is 65.7 Å². The summed E-state index contributed by atoms with van der Waals surface area (Å²) in [5, 5.41) is 0. The Morgan fingerprint density at radius 2 is 1.74 bits per heavy atom. The molecule has 1 atom stereocenters. The number of amides is 1. The zero-order valence-corrected chi connectivity index (χ0v) is 17.3. The molecule has 1 unspecified atom stereocenters. The van der Waals surface area contributed by atoms with Gasteiger partial charge in [0, 0.05) is 29.0 Å². The van der Waals surface area contributed by atoms with Gasteiger partial charge in [-0.05, 0) is 36.8 Å². The van der Waals surface area contributed by atoms with E-state index < -0.39 is 5.91 Å². The van der Waals surface area contributed by atoms with Gasteiger partial charge in [0.1, 0.15) is 11.5 Å². The number of primary amides is 1. The van der Waals surface area contributed by atoms with Gasteiger partial charge in [-0.2, -0.15) is 0 Å². The van der Waals surface area contributed by atoms with Crippen molar-refractivity contribution in [2.24, 2.45) is 11.7 Å². The predicted molar refractivity (Wildman–Crippen MR) is 113 cm³/mol. The number of hydrogen-bond donors (Lipinski definition) is 1. The number of carbonyl (C=O) groups is 1. The predicted octanol–water partition coefficient (Wildman–Crippen LogP) is 5.84. The molecule has 0 saturated heterocycles. The maximum atomic E-state index is 11.3. The molecule has 0 bridgehead atoms. The highest BCUT2D eigenvalue weighted by atomic mass is 16.3. The average molecular weight is 368 g/mol. The van der Waals surface area contributed by atoms with E-state index in [4.69, 9.17) is 10.2 Å². The van der Waals surface area contributed by atoms with Gasteiger partial charge in [-0.15, -0.1) is 0 Å². The number of nitrogens with two attached hydrogens (primary N) is 1. The van der Waals surface area contributed by atoms with Crippen molar-refractivity contribution < 1.29 is 9.21 Å². The number of hydrogen-bond acceptors (Lipinski definition) is 2. The average Bonchev–Trinajstić information content (AvgIpc) is 2.96. The molecule has 1 amide bonds. The Kier molecular flexibility index (Phi) is 7.46. The largest absolute Gasteiger partial charge is 0.465 e. The molecule has 0 aliphatic carbocycles. The van der Waals surface area contributed by atoms with Gasteiger partial charge in [-0.25, -0.2) is 0 Å². The fraction of sp³-hybridized carbons (Fsp3) is 0.458. The number of furan rings is 1. The normalized spacial score (nSPS) is 13.0. The highest BCUT2D eigenvalue weighted by molar-refractivity contribution is 5.90. The number of aryl methyl sites for hydroxylation is 1. The van der Waals surface area contributed by atoms with E-state index in [1.807, 2.05) is 12.1 Å². The van der Waals surface area contributed by atoms with Crippen LogP contribution in [0, 0.1) is 5.92 Å². The lowest BCUT2D eigenvalue weighted by atomic mass is 9.91. The quantitative estimate of drug-likeness (QED) is 0.566. The maximum absolute atomic E-state index is 11.3. The van der Waals surface area contributed by atoms with Crippen LogP contribution in [0.15, 0.2) is 40.8 Å².